The van der Waals surface area contributed by atoms with Gasteiger partial charge in [0, 0.05) is 30.8 Å². The second-order valence-electron chi connectivity index (χ2n) is 7.43. The number of nitrogens with zero attached hydrogens (tertiary/aromatic N) is 1. The molecular weight excluding hydrogens is 352 g/mol. The predicted octanol–water partition coefficient (Wildman–Crippen LogP) is 3.54. The summed E-state index contributed by atoms with van der Waals surface area (Å²) in [5.41, 5.74) is 2.35. The van der Waals surface area contributed by atoms with Gasteiger partial charge in [-0.3, -0.25) is 9.59 Å². The van der Waals surface area contributed by atoms with Crippen molar-refractivity contribution in [2.75, 3.05) is 26.7 Å². The Hall–Kier alpha value is -2.82. The predicted molar refractivity (Wildman–Crippen MR) is 110 cm³/mol. The van der Waals surface area contributed by atoms with E-state index in [1.807, 2.05) is 29.2 Å². The number of carbonyl (C=O) groups is 2. The van der Waals surface area contributed by atoms with E-state index in [2.05, 4.69) is 12.2 Å². The maximum atomic E-state index is 12.6. The molecule has 0 spiro atoms. The third-order valence-corrected chi connectivity index (χ3v) is 5.20. The van der Waals surface area contributed by atoms with Gasteiger partial charge in [0.15, 0.2) is 0 Å². The molecule has 0 radical (unpaired) electrons. The highest BCUT2D eigenvalue weighted by Gasteiger charge is 2.22. The first-order valence-electron chi connectivity index (χ1n) is 9.87. The summed E-state index contributed by atoms with van der Waals surface area (Å²) in [5.74, 6) is 1.30. The summed E-state index contributed by atoms with van der Waals surface area (Å²) in [6.07, 6.45) is 2.99. The van der Waals surface area contributed by atoms with Crippen molar-refractivity contribution in [3.8, 4) is 5.75 Å². The molecule has 0 saturated carbocycles. The third kappa shape index (κ3) is 5.12. The van der Waals surface area contributed by atoms with Gasteiger partial charge in [0.2, 0.25) is 0 Å². The van der Waals surface area contributed by atoms with E-state index < -0.39 is 0 Å². The maximum Gasteiger partial charge on any atom is 0.253 e. The Kier molecular flexibility index (Phi) is 6.69. The molecule has 5 nitrogen and oxygen atoms in total. The van der Waals surface area contributed by atoms with Crippen LogP contribution in [0.2, 0.25) is 0 Å². The SMILES string of the molecule is COc1ccc(CCNC(=O)c2ccc(C(=O)N3CCCC(C)C3)cc2)cc1. The van der Waals surface area contributed by atoms with E-state index in [0.29, 0.717) is 23.6 Å². The molecular formula is C23H28N2O3. The summed E-state index contributed by atoms with van der Waals surface area (Å²) in [7, 11) is 1.64. The quantitative estimate of drug-likeness (QED) is 0.834. The maximum absolute atomic E-state index is 12.6. The van der Waals surface area contributed by atoms with Gasteiger partial charge in [0.05, 0.1) is 7.11 Å². The number of amides is 2. The summed E-state index contributed by atoms with van der Waals surface area (Å²) < 4.78 is 5.14. The Morgan fingerprint density at radius 1 is 1.07 bits per heavy atom. The number of hydrogen-bond donors (Lipinski definition) is 1. The molecule has 1 aliphatic heterocycles. The molecule has 1 unspecified atom stereocenters. The van der Waals surface area contributed by atoms with E-state index in [-0.39, 0.29) is 11.8 Å². The van der Waals surface area contributed by atoms with Gasteiger partial charge < -0.3 is 15.0 Å². The Balaban J connectivity index is 1.50. The zero-order chi connectivity index (χ0) is 19.9. The number of hydrogen-bond acceptors (Lipinski definition) is 3. The van der Waals surface area contributed by atoms with E-state index >= 15 is 0 Å². The third-order valence-electron chi connectivity index (χ3n) is 5.20. The van der Waals surface area contributed by atoms with Crippen LogP contribution in [0.25, 0.3) is 0 Å². The minimum absolute atomic E-state index is 0.0537. The van der Waals surface area contributed by atoms with E-state index in [1.54, 1.807) is 31.4 Å². The van der Waals surface area contributed by atoms with E-state index in [1.165, 1.54) is 6.42 Å². The number of likely N-dealkylation sites (tertiary alicyclic amines) is 1. The molecule has 5 heteroatoms. The van der Waals surface area contributed by atoms with Gasteiger partial charge >= 0.3 is 0 Å². The highest BCUT2D eigenvalue weighted by molar-refractivity contribution is 5.97. The molecule has 28 heavy (non-hydrogen) atoms. The van der Waals surface area contributed by atoms with Crippen LogP contribution in [0, 0.1) is 5.92 Å². The number of nitrogens with one attached hydrogen (secondary N) is 1. The lowest BCUT2D eigenvalue weighted by atomic mass is 9.99. The number of rotatable bonds is 6. The fourth-order valence-corrected chi connectivity index (χ4v) is 3.54. The molecule has 1 saturated heterocycles. The molecule has 1 heterocycles. The first kappa shape index (κ1) is 19.9. The van der Waals surface area contributed by atoms with Crippen LogP contribution in [-0.4, -0.2) is 43.5 Å². The summed E-state index contributed by atoms with van der Waals surface area (Å²) in [6, 6.07) is 14.8. The summed E-state index contributed by atoms with van der Waals surface area (Å²) in [5, 5.41) is 2.93. The molecule has 2 aromatic rings. The Morgan fingerprint density at radius 2 is 1.75 bits per heavy atom. The average molecular weight is 380 g/mol. The lowest BCUT2D eigenvalue weighted by molar-refractivity contribution is 0.0682. The number of carbonyl (C=O) groups excluding carboxylic acids is 2. The van der Waals surface area contributed by atoms with Gasteiger partial charge in [-0.05, 0) is 67.1 Å². The zero-order valence-corrected chi connectivity index (χ0v) is 16.6. The minimum Gasteiger partial charge on any atom is -0.497 e. The molecule has 0 aliphatic carbocycles. The van der Waals surface area contributed by atoms with Crippen LogP contribution in [0.1, 0.15) is 46.0 Å². The highest BCUT2D eigenvalue weighted by Crippen LogP contribution is 2.18. The van der Waals surface area contributed by atoms with Gasteiger partial charge in [-0.1, -0.05) is 19.1 Å². The largest absolute Gasteiger partial charge is 0.497 e. The van der Waals surface area contributed by atoms with Crippen molar-refractivity contribution in [2.45, 2.75) is 26.2 Å². The highest BCUT2D eigenvalue weighted by atomic mass is 16.5. The summed E-state index contributed by atoms with van der Waals surface area (Å²) in [6.45, 7) is 4.36. The Bertz CT molecular complexity index is 800. The lowest BCUT2D eigenvalue weighted by Gasteiger charge is -2.31. The lowest BCUT2D eigenvalue weighted by Crippen LogP contribution is -2.39. The number of piperidine rings is 1. The van der Waals surface area contributed by atoms with Gasteiger partial charge in [-0.25, -0.2) is 0 Å². The monoisotopic (exact) mass is 380 g/mol. The van der Waals surface area contributed by atoms with Crippen molar-refractivity contribution in [3.05, 3.63) is 65.2 Å². The number of benzene rings is 2. The van der Waals surface area contributed by atoms with E-state index in [9.17, 15) is 9.59 Å². The molecule has 0 aromatic heterocycles. The second-order valence-corrected chi connectivity index (χ2v) is 7.43. The molecule has 1 aliphatic rings. The van der Waals surface area contributed by atoms with Crippen LogP contribution in [0.3, 0.4) is 0 Å². The topological polar surface area (TPSA) is 58.6 Å². The van der Waals surface area contributed by atoms with Crippen molar-refractivity contribution in [1.29, 1.82) is 0 Å². The first-order chi connectivity index (χ1) is 13.6. The van der Waals surface area contributed by atoms with Gasteiger partial charge in [-0.2, -0.15) is 0 Å². The Labute approximate surface area is 166 Å². The molecule has 2 aromatic carbocycles. The standard InChI is InChI=1S/C23H28N2O3/c1-17-4-3-15-25(16-17)23(27)20-9-7-19(8-10-20)22(26)24-14-13-18-5-11-21(28-2)12-6-18/h5-12,17H,3-4,13-16H2,1-2H3,(H,24,26). The fraction of sp³-hybridized carbons (Fsp3) is 0.391. The average Bonchev–Trinajstić information content (AvgIpc) is 2.73. The van der Waals surface area contributed by atoms with Crippen molar-refractivity contribution >= 4 is 11.8 Å². The molecule has 148 valence electrons. The number of methoxy groups -OCH3 is 1. The Morgan fingerprint density at radius 3 is 2.39 bits per heavy atom. The van der Waals surface area contributed by atoms with Crippen LogP contribution in [0.15, 0.2) is 48.5 Å². The second kappa shape index (κ2) is 9.40. The van der Waals surface area contributed by atoms with Gasteiger partial charge in [0.25, 0.3) is 11.8 Å². The molecule has 1 fully saturated rings. The van der Waals surface area contributed by atoms with Crippen molar-refractivity contribution in [2.24, 2.45) is 5.92 Å². The summed E-state index contributed by atoms with van der Waals surface area (Å²) >= 11 is 0. The zero-order valence-electron chi connectivity index (χ0n) is 16.6. The minimum atomic E-state index is -0.126. The normalized spacial score (nSPS) is 16.5. The van der Waals surface area contributed by atoms with Crippen LogP contribution in [0.4, 0.5) is 0 Å². The van der Waals surface area contributed by atoms with E-state index in [0.717, 1.165) is 37.2 Å². The van der Waals surface area contributed by atoms with Crippen molar-refractivity contribution in [1.82, 2.24) is 10.2 Å². The van der Waals surface area contributed by atoms with Crippen LogP contribution in [0.5, 0.6) is 5.75 Å². The number of ether oxygens (including phenoxy) is 1. The first-order valence-corrected chi connectivity index (χ1v) is 9.87. The molecule has 1 atom stereocenters. The van der Waals surface area contributed by atoms with Crippen LogP contribution in [-0.2, 0) is 6.42 Å². The van der Waals surface area contributed by atoms with Crippen molar-refractivity contribution in [3.63, 3.8) is 0 Å². The molecule has 0 bridgehead atoms. The van der Waals surface area contributed by atoms with Gasteiger partial charge in [0.1, 0.15) is 5.75 Å². The molecule has 1 N–H and O–H groups in total. The van der Waals surface area contributed by atoms with E-state index in [4.69, 9.17) is 4.74 Å². The smallest absolute Gasteiger partial charge is 0.253 e. The molecule has 2 amide bonds. The fourth-order valence-electron chi connectivity index (χ4n) is 3.54. The van der Waals surface area contributed by atoms with Crippen LogP contribution < -0.4 is 10.1 Å². The van der Waals surface area contributed by atoms with Crippen molar-refractivity contribution < 1.29 is 14.3 Å². The van der Waals surface area contributed by atoms with Crippen LogP contribution >= 0.6 is 0 Å². The molecule has 3 rings (SSSR count). The summed E-state index contributed by atoms with van der Waals surface area (Å²) in [4.78, 5) is 26.9. The van der Waals surface area contributed by atoms with Gasteiger partial charge in [-0.15, -0.1) is 0 Å².